The topological polar surface area (TPSA) is 22.6 Å². The van der Waals surface area contributed by atoms with Gasteiger partial charge in [0.1, 0.15) is 5.82 Å². The molecule has 2 aliphatic rings. The Morgan fingerprint density at radius 1 is 0.917 bits per heavy atom. The number of anilines is 2. The molecule has 0 N–H and O–H groups in total. The summed E-state index contributed by atoms with van der Waals surface area (Å²) in [5, 5.41) is 0. The molecule has 0 amide bonds. The van der Waals surface area contributed by atoms with Crippen LogP contribution in [-0.2, 0) is 0 Å². The third-order valence-corrected chi connectivity index (χ3v) is 5.13. The molecule has 2 saturated heterocycles. The van der Waals surface area contributed by atoms with E-state index in [1.807, 2.05) is 25.3 Å². The summed E-state index contributed by atoms with van der Waals surface area (Å²) in [4.78, 5) is 11.6. The van der Waals surface area contributed by atoms with Gasteiger partial charge in [0.15, 0.2) is 0 Å². The summed E-state index contributed by atoms with van der Waals surface area (Å²) in [5.41, 5.74) is 3.48. The Morgan fingerprint density at radius 3 is 2.29 bits per heavy atom. The van der Waals surface area contributed by atoms with Crippen LogP contribution in [0.4, 0.5) is 15.8 Å². The third kappa shape index (κ3) is 3.08. The van der Waals surface area contributed by atoms with E-state index in [1.165, 1.54) is 5.69 Å². The van der Waals surface area contributed by atoms with E-state index < -0.39 is 0 Å². The van der Waals surface area contributed by atoms with Gasteiger partial charge in [0.05, 0.1) is 0 Å². The molecular formula is C19H23FN4. The first-order valence-corrected chi connectivity index (χ1v) is 8.61. The van der Waals surface area contributed by atoms with E-state index in [2.05, 4.69) is 31.8 Å². The molecule has 5 heteroatoms. The van der Waals surface area contributed by atoms with Crippen LogP contribution in [0.25, 0.3) is 0 Å². The maximum atomic E-state index is 13.0. The lowest BCUT2D eigenvalue weighted by Gasteiger charge is -2.49. The fraction of sp³-hybridized carbons (Fsp3) is 0.421. The molecule has 0 unspecified atom stereocenters. The van der Waals surface area contributed by atoms with E-state index in [4.69, 9.17) is 0 Å². The largest absolute Gasteiger partial charge is 0.369 e. The Bertz CT molecular complexity index is 689. The molecule has 0 radical (unpaired) electrons. The van der Waals surface area contributed by atoms with Crippen molar-refractivity contribution in [1.29, 1.82) is 0 Å². The predicted molar refractivity (Wildman–Crippen MR) is 95.2 cm³/mol. The summed E-state index contributed by atoms with van der Waals surface area (Å²) in [6, 6.07) is 11.7. The fourth-order valence-electron chi connectivity index (χ4n) is 3.62. The number of rotatable bonds is 3. The number of nitrogens with zero attached hydrogens (tertiary/aromatic N) is 4. The Kier molecular flexibility index (Phi) is 4.10. The first-order valence-electron chi connectivity index (χ1n) is 8.61. The second-order valence-electron chi connectivity index (χ2n) is 6.71. The molecule has 2 fully saturated rings. The molecule has 0 saturated carbocycles. The van der Waals surface area contributed by atoms with Gasteiger partial charge in [-0.15, -0.1) is 0 Å². The Labute approximate surface area is 142 Å². The van der Waals surface area contributed by atoms with Gasteiger partial charge in [-0.2, -0.15) is 0 Å². The molecule has 126 valence electrons. The molecule has 0 aliphatic carbocycles. The summed E-state index contributed by atoms with van der Waals surface area (Å²) in [7, 11) is 0. The smallest absolute Gasteiger partial charge is 0.123 e. The fourth-order valence-corrected chi connectivity index (χ4v) is 3.62. The molecule has 2 aliphatic heterocycles. The van der Waals surface area contributed by atoms with Crippen LogP contribution in [0.2, 0.25) is 0 Å². The second kappa shape index (κ2) is 6.40. The molecule has 0 bridgehead atoms. The molecule has 3 heterocycles. The quantitative estimate of drug-likeness (QED) is 0.864. The lowest BCUT2D eigenvalue weighted by molar-refractivity contribution is 0.157. The molecular weight excluding hydrogens is 303 g/mol. The zero-order valence-electron chi connectivity index (χ0n) is 14.0. The van der Waals surface area contributed by atoms with Gasteiger partial charge in [-0.3, -0.25) is 9.88 Å². The highest BCUT2D eigenvalue weighted by Crippen LogP contribution is 2.25. The van der Waals surface area contributed by atoms with Gasteiger partial charge in [0.2, 0.25) is 0 Å². The van der Waals surface area contributed by atoms with Gasteiger partial charge in [0, 0.05) is 68.6 Å². The first kappa shape index (κ1) is 15.4. The van der Waals surface area contributed by atoms with Crippen LogP contribution < -0.4 is 9.80 Å². The molecule has 2 aromatic rings. The molecule has 1 aromatic heterocycles. The van der Waals surface area contributed by atoms with Gasteiger partial charge in [-0.05, 0) is 43.3 Å². The van der Waals surface area contributed by atoms with Crippen molar-refractivity contribution in [2.45, 2.75) is 13.0 Å². The highest BCUT2D eigenvalue weighted by atomic mass is 19.1. The molecule has 0 atom stereocenters. The molecule has 4 nitrogen and oxygen atoms in total. The summed E-state index contributed by atoms with van der Waals surface area (Å²) in [5.74, 6) is -0.168. The standard InChI is InChI=1S/C19H23FN4/c1-15-12-18(6-7-21-15)24-13-19(14-24)23-10-8-22(9-11-23)17-4-2-16(20)3-5-17/h2-7,12,19H,8-11,13-14H2,1H3. The number of aromatic nitrogens is 1. The summed E-state index contributed by atoms with van der Waals surface area (Å²) in [6.07, 6.45) is 1.89. The maximum absolute atomic E-state index is 13.0. The van der Waals surface area contributed by atoms with Crippen LogP contribution in [0.1, 0.15) is 5.69 Å². The molecule has 4 rings (SSSR count). The number of hydrogen-bond acceptors (Lipinski definition) is 4. The normalized spacial score (nSPS) is 19.4. The minimum absolute atomic E-state index is 0.168. The number of halogens is 1. The van der Waals surface area contributed by atoms with Gasteiger partial charge in [-0.1, -0.05) is 0 Å². The van der Waals surface area contributed by atoms with Crippen molar-refractivity contribution in [2.24, 2.45) is 0 Å². The Morgan fingerprint density at radius 2 is 1.62 bits per heavy atom. The average Bonchev–Trinajstić information content (AvgIpc) is 2.55. The van der Waals surface area contributed by atoms with Crippen molar-refractivity contribution in [2.75, 3.05) is 49.1 Å². The zero-order chi connectivity index (χ0) is 16.5. The SMILES string of the molecule is Cc1cc(N2CC(N3CCN(c4ccc(F)cc4)CC3)C2)ccn1. The van der Waals surface area contributed by atoms with Crippen molar-refractivity contribution in [3.63, 3.8) is 0 Å². The van der Waals surface area contributed by atoms with Gasteiger partial charge < -0.3 is 9.80 Å². The predicted octanol–water partition coefficient (Wildman–Crippen LogP) is 2.54. The summed E-state index contributed by atoms with van der Waals surface area (Å²) < 4.78 is 13.0. The number of hydrogen-bond donors (Lipinski definition) is 0. The van der Waals surface area contributed by atoms with E-state index in [0.717, 1.165) is 50.6 Å². The molecule has 1 aromatic carbocycles. The summed E-state index contributed by atoms with van der Waals surface area (Å²) >= 11 is 0. The van der Waals surface area contributed by atoms with Gasteiger partial charge in [-0.25, -0.2) is 4.39 Å². The average molecular weight is 326 g/mol. The zero-order valence-corrected chi connectivity index (χ0v) is 14.0. The lowest BCUT2D eigenvalue weighted by atomic mass is 10.0. The maximum Gasteiger partial charge on any atom is 0.123 e. The highest BCUT2D eigenvalue weighted by Gasteiger charge is 2.33. The van der Waals surface area contributed by atoms with E-state index in [9.17, 15) is 4.39 Å². The number of benzene rings is 1. The minimum atomic E-state index is -0.168. The van der Waals surface area contributed by atoms with Crippen LogP contribution in [0.3, 0.4) is 0 Å². The van der Waals surface area contributed by atoms with E-state index in [0.29, 0.717) is 6.04 Å². The highest BCUT2D eigenvalue weighted by molar-refractivity contribution is 5.50. The lowest BCUT2D eigenvalue weighted by Crippen LogP contribution is -2.63. The van der Waals surface area contributed by atoms with Crippen molar-refractivity contribution >= 4 is 11.4 Å². The first-order chi connectivity index (χ1) is 11.7. The Hall–Kier alpha value is -2.14. The van der Waals surface area contributed by atoms with Gasteiger partial charge >= 0.3 is 0 Å². The molecule has 0 spiro atoms. The van der Waals surface area contributed by atoms with E-state index in [-0.39, 0.29) is 5.82 Å². The number of aryl methyl sites for hydroxylation is 1. The van der Waals surface area contributed by atoms with Crippen molar-refractivity contribution in [1.82, 2.24) is 9.88 Å². The second-order valence-corrected chi connectivity index (χ2v) is 6.71. The number of piperazine rings is 1. The Balaban J connectivity index is 1.29. The van der Waals surface area contributed by atoms with E-state index in [1.54, 1.807) is 12.1 Å². The monoisotopic (exact) mass is 326 g/mol. The van der Waals surface area contributed by atoms with Gasteiger partial charge in [0.25, 0.3) is 0 Å². The van der Waals surface area contributed by atoms with Crippen LogP contribution in [0.5, 0.6) is 0 Å². The van der Waals surface area contributed by atoms with Crippen LogP contribution >= 0.6 is 0 Å². The molecule has 24 heavy (non-hydrogen) atoms. The third-order valence-electron chi connectivity index (χ3n) is 5.13. The van der Waals surface area contributed by atoms with Crippen molar-refractivity contribution < 1.29 is 4.39 Å². The van der Waals surface area contributed by atoms with Crippen LogP contribution in [0.15, 0.2) is 42.6 Å². The van der Waals surface area contributed by atoms with Crippen LogP contribution in [-0.4, -0.2) is 55.2 Å². The van der Waals surface area contributed by atoms with Crippen molar-refractivity contribution in [3.05, 3.63) is 54.1 Å². The number of pyridine rings is 1. The minimum Gasteiger partial charge on any atom is -0.369 e. The summed E-state index contributed by atoms with van der Waals surface area (Å²) in [6.45, 7) is 8.40. The van der Waals surface area contributed by atoms with Crippen molar-refractivity contribution in [3.8, 4) is 0 Å². The van der Waals surface area contributed by atoms with E-state index >= 15 is 0 Å². The van der Waals surface area contributed by atoms with Crippen LogP contribution in [0, 0.1) is 12.7 Å².